The Kier molecular flexibility index (Phi) is 4.68. The van der Waals surface area contributed by atoms with Crippen molar-refractivity contribution in [3.8, 4) is 0 Å². The molecule has 2 aliphatic rings. The van der Waals surface area contributed by atoms with E-state index in [1.165, 1.54) is 6.07 Å². The maximum atomic E-state index is 14.1. The zero-order valence-electron chi connectivity index (χ0n) is 12.9. The Labute approximate surface area is 135 Å². The minimum atomic E-state index is -3.00. The van der Waals surface area contributed by atoms with Crippen LogP contribution >= 0.6 is 0 Å². The molecule has 0 aliphatic carbocycles. The highest BCUT2D eigenvalue weighted by atomic mass is 32.2. The SMILES string of the molecule is O=C(C1CCS(=O)(=O)CC1)N1CCNCC1c1ccccc1F. The summed E-state index contributed by atoms with van der Waals surface area (Å²) in [7, 11) is -3.00. The van der Waals surface area contributed by atoms with Gasteiger partial charge in [0.15, 0.2) is 0 Å². The van der Waals surface area contributed by atoms with E-state index in [4.69, 9.17) is 0 Å². The van der Waals surface area contributed by atoms with Gasteiger partial charge in [-0.15, -0.1) is 0 Å². The minimum absolute atomic E-state index is 0.0466. The van der Waals surface area contributed by atoms with E-state index in [1.807, 2.05) is 0 Å². The molecule has 2 heterocycles. The summed E-state index contributed by atoms with van der Waals surface area (Å²) in [4.78, 5) is 14.6. The van der Waals surface area contributed by atoms with Crippen molar-refractivity contribution in [1.29, 1.82) is 0 Å². The first-order valence-corrected chi connectivity index (χ1v) is 9.76. The van der Waals surface area contributed by atoms with Gasteiger partial charge in [-0.25, -0.2) is 12.8 Å². The first-order valence-electron chi connectivity index (χ1n) is 7.94. The molecular formula is C16H21FN2O3S. The predicted octanol–water partition coefficient (Wildman–Crippen LogP) is 1.12. The minimum Gasteiger partial charge on any atom is -0.333 e. The Bertz CT molecular complexity index is 678. The van der Waals surface area contributed by atoms with Crippen molar-refractivity contribution in [2.24, 2.45) is 5.92 Å². The van der Waals surface area contributed by atoms with Crippen LogP contribution in [0.3, 0.4) is 0 Å². The summed E-state index contributed by atoms with van der Waals surface area (Å²) in [6.07, 6.45) is 0.740. The van der Waals surface area contributed by atoms with Crippen LogP contribution in [0.4, 0.5) is 4.39 Å². The van der Waals surface area contributed by atoms with E-state index < -0.39 is 9.84 Å². The van der Waals surface area contributed by atoms with Crippen LogP contribution in [0.2, 0.25) is 0 Å². The second-order valence-electron chi connectivity index (χ2n) is 6.20. The summed E-state index contributed by atoms with van der Waals surface area (Å²) in [5.41, 5.74) is 0.511. The van der Waals surface area contributed by atoms with E-state index >= 15 is 0 Å². The van der Waals surface area contributed by atoms with Crippen LogP contribution in [0, 0.1) is 11.7 Å². The Morgan fingerprint density at radius 1 is 1.22 bits per heavy atom. The lowest BCUT2D eigenvalue weighted by molar-refractivity contribution is -0.139. The second-order valence-corrected chi connectivity index (χ2v) is 8.50. The molecule has 0 saturated carbocycles. The average molecular weight is 340 g/mol. The summed E-state index contributed by atoms with van der Waals surface area (Å²) >= 11 is 0. The lowest BCUT2D eigenvalue weighted by Crippen LogP contribution is -2.51. The summed E-state index contributed by atoms with van der Waals surface area (Å²) in [6, 6.07) is 6.17. The molecule has 3 rings (SSSR count). The van der Waals surface area contributed by atoms with E-state index in [2.05, 4.69) is 5.32 Å². The van der Waals surface area contributed by atoms with E-state index in [0.29, 0.717) is 38.0 Å². The Balaban J connectivity index is 1.79. The average Bonchev–Trinajstić information content (AvgIpc) is 2.55. The van der Waals surface area contributed by atoms with Gasteiger partial charge in [0, 0.05) is 31.1 Å². The third-order valence-electron chi connectivity index (χ3n) is 4.69. The van der Waals surface area contributed by atoms with Crippen LogP contribution in [-0.2, 0) is 14.6 Å². The van der Waals surface area contributed by atoms with Gasteiger partial charge in [0.2, 0.25) is 5.91 Å². The van der Waals surface area contributed by atoms with Crippen molar-refractivity contribution in [2.45, 2.75) is 18.9 Å². The van der Waals surface area contributed by atoms with E-state index in [0.717, 1.165) is 0 Å². The van der Waals surface area contributed by atoms with Crippen molar-refractivity contribution in [1.82, 2.24) is 10.2 Å². The van der Waals surface area contributed by atoms with E-state index in [9.17, 15) is 17.6 Å². The monoisotopic (exact) mass is 340 g/mol. The number of benzene rings is 1. The number of nitrogens with one attached hydrogen (secondary N) is 1. The van der Waals surface area contributed by atoms with E-state index in [1.54, 1.807) is 23.1 Å². The van der Waals surface area contributed by atoms with Gasteiger partial charge < -0.3 is 10.2 Å². The molecule has 0 radical (unpaired) electrons. The number of hydrogen-bond donors (Lipinski definition) is 1. The van der Waals surface area contributed by atoms with Gasteiger partial charge in [-0.2, -0.15) is 0 Å². The van der Waals surface area contributed by atoms with Crippen molar-refractivity contribution < 1.29 is 17.6 Å². The van der Waals surface area contributed by atoms with Gasteiger partial charge in [-0.3, -0.25) is 4.79 Å². The smallest absolute Gasteiger partial charge is 0.226 e. The molecule has 1 atom stereocenters. The van der Waals surface area contributed by atoms with Gasteiger partial charge in [0.25, 0.3) is 0 Å². The summed E-state index contributed by atoms with van der Waals surface area (Å²) in [6.45, 7) is 1.69. The highest BCUT2D eigenvalue weighted by molar-refractivity contribution is 7.91. The molecule has 1 aromatic rings. The highest BCUT2D eigenvalue weighted by Crippen LogP contribution is 2.29. The predicted molar refractivity (Wildman–Crippen MR) is 85.1 cm³/mol. The molecule has 2 fully saturated rings. The number of nitrogens with zero attached hydrogens (tertiary/aromatic N) is 1. The standard InChI is InChI=1S/C16H21FN2O3S/c17-14-4-2-1-3-13(14)15-11-18-7-8-19(15)16(20)12-5-9-23(21,22)10-6-12/h1-4,12,15,18H,5-11H2. The third-order valence-corrected chi connectivity index (χ3v) is 6.41. The Morgan fingerprint density at radius 3 is 2.61 bits per heavy atom. The topological polar surface area (TPSA) is 66.5 Å². The number of halogens is 1. The van der Waals surface area contributed by atoms with Crippen LogP contribution in [0.5, 0.6) is 0 Å². The van der Waals surface area contributed by atoms with E-state index in [-0.39, 0.29) is 35.2 Å². The molecule has 2 aliphatic heterocycles. The molecule has 1 amide bonds. The molecule has 0 spiro atoms. The number of carbonyl (C=O) groups is 1. The maximum Gasteiger partial charge on any atom is 0.226 e. The molecule has 5 nitrogen and oxygen atoms in total. The first kappa shape index (κ1) is 16.4. The number of hydrogen-bond acceptors (Lipinski definition) is 4. The van der Waals surface area contributed by atoms with Crippen molar-refractivity contribution in [3.05, 3.63) is 35.6 Å². The first-order chi connectivity index (χ1) is 11.0. The molecule has 1 unspecified atom stereocenters. The van der Waals surface area contributed by atoms with Crippen molar-refractivity contribution in [3.63, 3.8) is 0 Å². The van der Waals surface area contributed by atoms with Crippen LogP contribution in [0.25, 0.3) is 0 Å². The van der Waals surface area contributed by atoms with Crippen molar-refractivity contribution >= 4 is 15.7 Å². The quantitative estimate of drug-likeness (QED) is 0.876. The number of carbonyl (C=O) groups excluding carboxylic acids is 1. The van der Waals surface area contributed by atoms with Gasteiger partial charge in [-0.05, 0) is 18.9 Å². The summed E-state index contributed by atoms with van der Waals surface area (Å²) < 4.78 is 37.2. The number of piperazine rings is 1. The normalized spacial score (nSPS) is 25.3. The molecule has 0 aromatic heterocycles. The number of sulfone groups is 1. The van der Waals surface area contributed by atoms with Gasteiger partial charge in [-0.1, -0.05) is 18.2 Å². The number of rotatable bonds is 2. The molecule has 126 valence electrons. The van der Waals surface area contributed by atoms with Crippen molar-refractivity contribution in [2.75, 3.05) is 31.1 Å². The molecule has 23 heavy (non-hydrogen) atoms. The lowest BCUT2D eigenvalue weighted by atomic mass is 9.96. The number of amides is 1. The third kappa shape index (κ3) is 3.55. The summed E-state index contributed by atoms with van der Waals surface area (Å²) in [5, 5.41) is 3.20. The lowest BCUT2D eigenvalue weighted by Gasteiger charge is -2.39. The molecule has 0 bridgehead atoms. The molecule has 7 heteroatoms. The highest BCUT2D eigenvalue weighted by Gasteiger charge is 2.36. The van der Waals surface area contributed by atoms with Crippen LogP contribution < -0.4 is 5.32 Å². The zero-order valence-corrected chi connectivity index (χ0v) is 13.7. The van der Waals surface area contributed by atoms with Gasteiger partial charge in [0.05, 0.1) is 17.5 Å². The van der Waals surface area contributed by atoms with Crippen LogP contribution in [0.15, 0.2) is 24.3 Å². The van der Waals surface area contributed by atoms with Gasteiger partial charge >= 0.3 is 0 Å². The second kappa shape index (κ2) is 6.57. The fraction of sp³-hybridized carbons (Fsp3) is 0.562. The Morgan fingerprint density at radius 2 is 1.91 bits per heavy atom. The Hall–Kier alpha value is -1.47. The fourth-order valence-electron chi connectivity index (χ4n) is 3.36. The summed E-state index contributed by atoms with van der Waals surface area (Å²) in [5.74, 6) is -0.495. The fourth-order valence-corrected chi connectivity index (χ4v) is 4.85. The molecular weight excluding hydrogens is 319 g/mol. The molecule has 2 saturated heterocycles. The largest absolute Gasteiger partial charge is 0.333 e. The maximum absolute atomic E-state index is 14.1. The molecule has 1 N–H and O–H groups in total. The zero-order chi connectivity index (χ0) is 16.4. The van der Waals surface area contributed by atoms with Crippen LogP contribution in [0.1, 0.15) is 24.4 Å². The van der Waals surface area contributed by atoms with Gasteiger partial charge in [0.1, 0.15) is 15.7 Å². The van der Waals surface area contributed by atoms with Crippen LogP contribution in [-0.4, -0.2) is 50.4 Å². The molecule has 1 aromatic carbocycles.